The van der Waals surface area contributed by atoms with E-state index in [9.17, 15) is 4.79 Å². The summed E-state index contributed by atoms with van der Waals surface area (Å²) in [5, 5.41) is 8.37. The summed E-state index contributed by atoms with van der Waals surface area (Å²) in [6.45, 7) is 0.336. The zero-order chi connectivity index (χ0) is 10.4. The van der Waals surface area contributed by atoms with Crippen LogP contribution in [0.2, 0.25) is 0 Å². The molecule has 0 fully saturated rings. The van der Waals surface area contributed by atoms with Crippen molar-refractivity contribution in [2.45, 2.75) is 12.8 Å². The molecule has 1 heterocycles. The number of aromatic nitrogens is 1. The van der Waals surface area contributed by atoms with E-state index in [0.717, 1.165) is 0 Å². The van der Waals surface area contributed by atoms with Crippen LogP contribution in [-0.4, -0.2) is 22.7 Å². The molecule has 0 spiro atoms. The van der Waals surface area contributed by atoms with E-state index in [1.807, 2.05) is 0 Å². The Morgan fingerprint density at radius 1 is 1.64 bits per heavy atom. The first-order chi connectivity index (χ1) is 6.70. The second-order valence-electron chi connectivity index (χ2n) is 2.73. The van der Waals surface area contributed by atoms with Gasteiger partial charge in [-0.25, -0.2) is 4.98 Å². The van der Waals surface area contributed by atoms with E-state index in [0.29, 0.717) is 24.6 Å². The quantitative estimate of drug-likeness (QED) is 0.683. The lowest BCUT2D eigenvalue weighted by molar-refractivity contribution is -0.137. The molecule has 14 heavy (non-hydrogen) atoms. The van der Waals surface area contributed by atoms with Gasteiger partial charge in [0.25, 0.3) is 0 Å². The van der Waals surface area contributed by atoms with Gasteiger partial charge in [-0.2, -0.15) is 0 Å². The highest BCUT2D eigenvalue weighted by Crippen LogP contribution is 2.16. The fourth-order valence-electron chi connectivity index (χ4n) is 0.930. The van der Waals surface area contributed by atoms with Gasteiger partial charge in [-0.3, -0.25) is 4.79 Å². The molecule has 0 aromatic carbocycles. The number of ether oxygens (including phenoxy) is 1. The largest absolute Gasteiger partial charge is 0.490 e. The minimum absolute atomic E-state index is 0.0974. The first kappa shape index (κ1) is 10.3. The van der Waals surface area contributed by atoms with Gasteiger partial charge in [-0.05, 0) is 18.6 Å². The molecule has 0 aliphatic carbocycles. The highest BCUT2D eigenvalue weighted by Gasteiger charge is 2.00. The van der Waals surface area contributed by atoms with Crippen molar-refractivity contribution in [1.29, 1.82) is 0 Å². The molecule has 0 radical (unpaired) electrons. The third-order valence-corrected chi connectivity index (χ3v) is 1.59. The molecule has 3 N–H and O–H groups in total. The number of anilines is 1. The van der Waals surface area contributed by atoms with Gasteiger partial charge >= 0.3 is 5.97 Å². The molecule has 0 atom stereocenters. The number of rotatable bonds is 5. The highest BCUT2D eigenvalue weighted by molar-refractivity contribution is 5.66. The van der Waals surface area contributed by atoms with Crippen molar-refractivity contribution in [2.75, 3.05) is 12.3 Å². The fourth-order valence-corrected chi connectivity index (χ4v) is 0.930. The second-order valence-corrected chi connectivity index (χ2v) is 2.73. The summed E-state index contributed by atoms with van der Waals surface area (Å²) in [6, 6.07) is 3.41. The summed E-state index contributed by atoms with van der Waals surface area (Å²) in [4.78, 5) is 14.0. The Bertz CT molecular complexity index is 315. The van der Waals surface area contributed by atoms with Crippen LogP contribution in [0.15, 0.2) is 18.3 Å². The molecular formula is C9H12N2O3. The molecule has 0 amide bonds. The molecule has 0 aliphatic rings. The lowest BCUT2D eigenvalue weighted by Gasteiger charge is -2.06. The van der Waals surface area contributed by atoms with Crippen LogP contribution in [0.3, 0.4) is 0 Å². The molecular weight excluding hydrogens is 184 g/mol. The predicted molar refractivity (Wildman–Crippen MR) is 51.0 cm³/mol. The number of carboxylic acid groups (broad SMARTS) is 1. The number of pyridine rings is 1. The maximum absolute atomic E-state index is 10.2. The van der Waals surface area contributed by atoms with E-state index >= 15 is 0 Å². The standard InChI is InChI=1S/C9H12N2O3/c10-9-7(3-1-5-11-9)14-6-2-4-8(12)13/h1,3,5H,2,4,6H2,(H2,10,11)(H,12,13). The Morgan fingerprint density at radius 2 is 2.43 bits per heavy atom. The van der Waals surface area contributed by atoms with E-state index in [4.69, 9.17) is 15.6 Å². The van der Waals surface area contributed by atoms with Crippen molar-refractivity contribution in [3.05, 3.63) is 18.3 Å². The van der Waals surface area contributed by atoms with Gasteiger partial charge in [0.15, 0.2) is 11.6 Å². The summed E-state index contributed by atoms with van der Waals surface area (Å²) in [7, 11) is 0. The summed E-state index contributed by atoms with van der Waals surface area (Å²) < 4.78 is 5.24. The molecule has 0 unspecified atom stereocenters. The monoisotopic (exact) mass is 196 g/mol. The van der Waals surface area contributed by atoms with Gasteiger partial charge < -0.3 is 15.6 Å². The minimum atomic E-state index is -0.826. The van der Waals surface area contributed by atoms with Crippen molar-refractivity contribution in [3.8, 4) is 5.75 Å². The first-order valence-corrected chi connectivity index (χ1v) is 4.25. The van der Waals surface area contributed by atoms with Gasteiger partial charge in [-0.1, -0.05) is 0 Å². The Labute approximate surface area is 81.5 Å². The van der Waals surface area contributed by atoms with Crippen LogP contribution in [0.4, 0.5) is 5.82 Å². The van der Waals surface area contributed by atoms with Gasteiger partial charge in [0.2, 0.25) is 0 Å². The van der Waals surface area contributed by atoms with Gasteiger partial charge in [0, 0.05) is 12.6 Å². The number of nitrogens with zero attached hydrogens (tertiary/aromatic N) is 1. The zero-order valence-corrected chi connectivity index (χ0v) is 7.64. The fraction of sp³-hybridized carbons (Fsp3) is 0.333. The molecule has 1 aromatic heterocycles. The number of aliphatic carboxylic acids is 1. The molecule has 76 valence electrons. The highest BCUT2D eigenvalue weighted by atomic mass is 16.5. The average molecular weight is 196 g/mol. The van der Waals surface area contributed by atoms with Crippen molar-refractivity contribution in [3.63, 3.8) is 0 Å². The number of nitrogens with two attached hydrogens (primary N) is 1. The van der Waals surface area contributed by atoms with Crippen molar-refractivity contribution >= 4 is 11.8 Å². The van der Waals surface area contributed by atoms with E-state index in [2.05, 4.69) is 4.98 Å². The molecule has 5 nitrogen and oxygen atoms in total. The summed E-state index contributed by atoms with van der Waals surface area (Å²) >= 11 is 0. The third-order valence-electron chi connectivity index (χ3n) is 1.59. The van der Waals surface area contributed by atoms with Crippen molar-refractivity contribution < 1.29 is 14.6 Å². The maximum Gasteiger partial charge on any atom is 0.303 e. The lowest BCUT2D eigenvalue weighted by Crippen LogP contribution is -2.04. The SMILES string of the molecule is Nc1ncccc1OCCCC(=O)O. The van der Waals surface area contributed by atoms with E-state index < -0.39 is 5.97 Å². The topological polar surface area (TPSA) is 85.4 Å². The molecule has 0 bridgehead atoms. The van der Waals surface area contributed by atoms with Gasteiger partial charge in [0.05, 0.1) is 6.61 Å². The Morgan fingerprint density at radius 3 is 3.07 bits per heavy atom. The van der Waals surface area contributed by atoms with Crippen LogP contribution in [-0.2, 0) is 4.79 Å². The van der Waals surface area contributed by atoms with Crippen LogP contribution in [0.5, 0.6) is 5.75 Å². The van der Waals surface area contributed by atoms with Crippen LogP contribution in [0.25, 0.3) is 0 Å². The molecule has 1 rings (SSSR count). The molecule has 5 heteroatoms. The van der Waals surface area contributed by atoms with Crippen LogP contribution in [0, 0.1) is 0 Å². The van der Waals surface area contributed by atoms with Crippen molar-refractivity contribution in [1.82, 2.24) is 4.98 Å². The Balaban J connectivity index is 2.31. The van der Waals surface area contributed by atoms with E-state index in [1.165, 1.54) is 0 Å². The second kappa shape index (κ2) is 5.06. The normalized spacial score (nSPS) is 9.71. The molecule has 0 aliphatic heterocycles. The maximum atomic E-state index is 10.2. The number of hydrogen-bond acceptors (Lipinski definition) is 4. The van der Waals surface area contributed by atoms with Gasteiger partial charge in [-0.15, -0.1) is 0 Å². The Hall–Kier alpha value is -1.78. The molecule has 0 saturated heterocycles. The predicted octanol–water partition coefficient (Wildman–Crippen LogP) is 0.907. The first-order valence-electron chi connectivity index (χ1n) is 4.25. The number of hydrogen-bond donors (Lipinski definition) is 2. The lowest BCUT2D eigenvalue weighted by atomic mass is 10.3. The molecule has 1 aromatic rings. The number of carboxylic acids is 1. The van der Waals surface area contributed by atoms with Crippen LogP contribution >= 0.6 is 0 Å². The zero-order valence-electron chi connectivity index (χ0n) is 7.64. The summed E-state index contributed by atoms with van der Waals surface area (Å²) in [5.74, 6) is -0.00604. The smallest absolute Gasteiger partial charge is 0.303 e. The number of nitrogen functional groups attached to an aromatic ring is 1. The summed E-state index contributed by atoms with van der Waals surface area (Å²) in [6.07, 6.45) is 2.13. The molecule has 0 saturated carbocycles. The van der Waals surface area contributed by atoms with E-state index in [-0.39, 0.29) is 6.42 Å². The van der Waals surface area contributed by atoms with Crippen molar-refractivity contribution in [2.24, 2.45) is 0 Å². The Kier molecular flexibility index (Phi) is 3.72. The minimum Gasteiger partial charge on any atom is -0.490 e. The third kappa shape index (κ3) is 3.30. The van der Waals surface area contributed by atoms with Crippen LogP contribution in [0.1, 0.15) is 12.8 Å². The van der Waals surface area contributed by atoms with Gasteiger partial charge in [0.1, 0.15) is 0 Å². The van der Waals surface area contributed by atoms with E-state index in [1.54, 1.807) is 18.3 Å². The average Bonchev–Trinajstić information content (AvgIpc) is 2.15. The number of carbonyl (C=O) groups is 1. The summed E-state index contributed by atoms with van der Waals surface area (Å²) in [5.41, 5.74) is 5.51. The van der Waals surface area contributed by atoms with Crippen LogP contribution < -0.4 is 10.5 Å².